The van der Waals surface area contributed by atoms with Crippen LogP contribution in [0.2, 0.25) is 0 Å². The molecule has 1 aliphatic heterocycles. The highest BCUT2D eigenvalue weighted by molar-refractivity contribution is 5.63. The first-order valence-electron chi connectivity index (χ1n) is 7.43. The van der Waals surface area contributed by atoms with Gasteiger partial charge in [-0.25, -0.2) is 4.68 Å². The normalized spacial score (nSPS) is 18.7. The van der Waals surface area contributed by atoms with Gasteiger partial charge in [0, 0.05) is 12.2 Å². The Hall–Kier alpha value is -1.88. The fourth-order valence-electron chi connectivity index (χ4n) is 2.72. The van der Waals surface area contributed by atoms with Crippen molar-refractivity contribution < 1.29 is 9.47 Å². The maximum Gasteiger partial charge on any atom is 0.119 e. The monoisotopic (exact) mass is 287 g/mol. The van der Waals surface area contributed by atoms with Crippen LogP contribution in [0.15, 0.2) is 24.4 Å². The van der Waals surface area contributed by atoms with E-state index in [4.69, 9.17) is 9.47 Å². The van der Waals surface area contributed by atoms with Crippen LogP contribution in [0.3, 0.4) is 0 Å². The summed E-state index contributed by atoms with van der Waals surface area (Å²) in [4.78, 5) is 0. The van der Waals surface area contributed by atoms with Gasteiger partial charge in [-0.05, 0) is 49.9 Å². The minimum Gasteiger partial charge on any atom is -0.497 e. The van der Waals surface area contributed by atoms with Crippen molar-refractivity contribution in [2.24, 2.45) is 0 Å². The van der Waals surface area contributed by atoms with Gasteiger partial charge in [-0.15, -0.1) is 5.10 Å². The van der Waals surface area contributed by atoms with Gasteiger partial charge in [0.1, 0.15) is 11.4 Å². The Morgan fingerprint density at radius 2 is 2.29 bits per heavy atom. The molecule has 1 aromatic heterocycles. The van der Waals surface area contributed by atoms with Crippen LogP contribution < -0.4 is 4.74 Å². The smallest absolute Gasteiger partial charge is 0.119 e. The molecule has 0 unspecified atom stereocenters. The highest BCUT2D eigenvalue weighted by Crippen LogP contribution is 2.25. The summed E-state index contributed by atoms with van der Waals surface area (Å²) < 4.78 is 12.9. The second-order valence-corrected chi connectivity index (χ2v) is 5.50. The lowest BCUT2D eigenvalue weighted by Crippen LogP contribution is -2.24. The number of ether oxygens (including phenoxy) is 2. The molecule has 0 N–H and O–H groups in total. The van der Waals surface area contributed by atoms with Crippen molar-refractivity contribution in [3.8, 4) is 17.0 Å². The SMILES string of the molecule is COc1ccc(-c2cn(C[C@H]3CCCCO3)nn2)c(C)c1. The molecule has 21 heavy (non-hydrogen) atoms. The van der Waals surface area contributed by atoms with Gasteiger partial charge in [0.25, 0.3) is 0 Å². The summed E-state index contributed by atoms with van der Waals surface area (Å²) in [5.74, 6) is 0.860. The Bertz CT molecular complexity index is 603. The number of methoxy groups -OCH3 is 1. The number of benzene rings is 1. The molecule has 1 fully saturated rings. The predicted molar refractivity (Wildman–Crippen MR) is 80.3 cm³/mol. The molecular weight excluding hydrogens is 266 g/mol. The lowest BCUT2D eigenvalue weighted by Gasteiger charge is -2.21. The molecule has 5 nitrogen and oxygen atoms in total. The molecule has 0 bridgehead atoms. The first-order valence-corrected chi connectivity index (χ1v) is 7.43. The van der Waals surface area contributed by atoms with Crippen molar-refractivity contribution in [2.45, 2.75) is 38.8 Å². The van der Waals surface area contributed by atoms with Crippen molar-refractivity contribution in [3.63, 3.8) is 0 Å². The second-order valence-electron chi connectivity index (χ2n) is 5.50. The van der Waals surface area contributed by atoms with E-state index in [1.165, 1.54) is 12.8 Å². The summed E-state index contributed by atoms with van der Waals surface area (Å²) in [6.07, 6.45) is 5.78. The molecule has 1 atom stereocenters. The van der Waals surface area contributed by atoms with Crippen LogP contribution in [0, 0.1) is 6.92 Å². The topological polar surface area (TPSA) is 49.2 Å². The van der Waals surface area contributed by atoms with E-state index in [2.05, 4.69) is 17.2 Å². The summed E-state index contributed by atoms with van der Waals surface area (Å²) in [5.41, 5.74) is 3.12. The predicted octanol–water partition coefficient (Wildman–Crippen LogP) is 2.83. The molecule has 0 saturated carbocycles. The van der Waals surface area contributed by atoms with Crippen LogP contribution in [0.1, 0.15) is 24.8 Å². The summed E-state index contributed by atoms with van der Waals surface area (Å²) in [6.45, 7) is 3.70. The lowest BCUT2D eigenvalue weighted by molar-refractivity contribution is 0.00370. The maximum absolute atomic E-state index is 5.75. The molecule has 2 aromatic rings. The van der Waals surface area contributed by atoms with Crippen LogP contribution >= 0.6 is 0 Å². The number of rotatable bonds is 4. The minimum absolute atomic E-state index is 0.269. The fraction of sp³-hybridized carbons (Fsp3) is 0.500. The standard InChI is InChI=1S/C16H21N3O2/c1-12-9-13(20-2)6-7-15(12)16-11-19(18-17-16)10-14-5-3-4-8-21-14/h6-7,9,11,14H,3-5,8,10H2,1-2H3/t14-/m1/s1. The van der Waals surface area contributed by atoms with E-state index in [0.29, 0.717) is 0 Å². The Labute approximate surface area is 124 Å². The van der Waals surface area contributed by atoms with Crippen LogP contribution in [0.25, 0.3) is 11.3 Å². The molecule has 1 saturated heterocycles. The zero-order valence-corrected chi connectivity index (χ0v) is 12.6. The Morgan fingerprint density at radius 3 is 3.00 bits per heavy atom. The van der Waals surface area contributed by atoms with Gasteiger partial charge < -0.3 is 9.47 Å². The molecule has 0 aliphatic carbocycles. The Kier molecular flexibility index (Phi) is 4.20. The molecule has 2 heterocycles. The molecule has 0 radical (unpaired) electrons. The summed E-state index contributed by atoms with van der Waals surface area (Å²) in [5, 5.41) is 8.51. The van der Waals surface area contributed by atoms with E-state index < -0.39 is 0 Å². The van der Waals surface area contributed by atoms with Gasteiger partial charge in [0.05, 0.1) is 26.0 Å². The van der Waals surface area contributed by atoms with Gasteiger partial charge in [-0.2, -0.15) is 0 Å². The largest absolute Gasteiger partial charge is 0.497 e. The molecule has 0 spiro atoms. The summed E-state index contributed by atoms with van der Waals surface area (Å²) in [7, 11) is 1.68. The van der Waals surface area contributed by atoms with E-state index in [1.54, 1.807) is 7.11 Å². The summed E-state index contributed by atoms with van der Waals surface area (Å²) >= 11 is 0. The average molecular weight is 287 g/mol. The number of hydrogen-bond acceptors (Lipinski definition) is 4. The van der Waals surface area contributed by atoms with Gasteiger partial charge in [-0.3, -0.25) is 0 Å². The zero-order valence-electron chi connectivity index (χ0n) is 12.6. The molecule has 3 rings (SSSR count). The third kappa shape index (κ3) is 3.24. The highest BCUT2D eigenvalue weighted by Gasteiger charge is 2.16. The van der Waals surface area contributed by atoms with Crippen LogP contribution in [0.4, 0.5) is 0 Å². The molecule has 5 heteroatoms. The molecular formula is C16H21N3O2. The zero-order chi connectivity index (χ0) is 14.7. The maximum atomic E-state index is 5.75. The first-order chi connectivity index (χ1) is 10.3. The van der Waals surface area contributed by atoms with E-state index in [9.17, 15) is 0 Å². The third-order valence-electron chi connectivity index (χ3n) is 3.91. The third-order valence-corrected chi connectivity index (χ3v) is 3.91. The Morgan fingerprint density at radius 1 is 1.38 bits per heavy atom. The van der Waals surface area contributed by atoms with Crippen molar-refractivity contribution in [1.29, 1.82) is 0 Å². The first kappa shape index (κ1) is 14.1. The van der Waals surface area contributed by atoms with Gasteiger partial charge in [-0.1, -0.05) is 5.21 Å². The highest BCUT2D eigenvalue weighted by atomic mass is 16.5. The Balaban J connectivity index is 1.75. The van der Waals surface area contributed by atoms with Crippen molar-refractivity contribution in [2.75, 3.05) is 13.7 Å². The van der Waals surface area contributed by atoms with E-state index in [0.717, 1.165) is 42.1 Å². The van der Waals surface area contributed by atoms with Crippen LogP contribution in [-0.4, -0.2) is 34.8 Å². The number of aromatic nitrogens is 3. The van der Waals surface area contributed by atoms with Crippen molar-refractivity contribution in [3.05, 3.63) is 30.0 Å². The quantitative estimate of drug-likeness (QED) is 0.867. The lowest BCUT2D eigenvalue weighted by atomic mass is 10.1. The van der Waals surface area contributed by atoms with E-state index >= 15 is 0 Å². The van der Waals surface area contributed by atoms with Crippen LogP contribution in [-0.2, 0) is 11.3 Å². The van der Waals surface area contributed by atoms with Crippen molar-refractivity contribution in [1.82, 2.24) is 15.0 Å². The molecule has 1 aliphatic rings. The molecule has 112 valence electrons. The fourth-order valence-corrected chi connectivity index (χ4v) is 2.72. The van der Waals surface area contributed by atoms with Crippen LogP contribution in [0.5, 0.6) is 5.75 Å². The molecule has 1 aromatic carbocycles. The number of aryl methyl sites for hydroxylation is 1. The molecule has 0 amide bonds. The summed E-state index contributed by atoms with van der Waals surface area (Å²) in [6, 6.07) is 5.99. The van der Waals surface area contributed by atoms with Crippen molar-refractivity contribution >= 4 is 0 Å². The minimum atomic E-state index is 0.269. The number of hydrogen-bond donors (Lipinski definition) is 0. The van der Waals surface area contributed by atoms with E-state index in [1.807, 2.05) is 29.1 Å². The van der Waals surface area contributed by atoms with Gasteiger partial charge >= 0.3 is 0 Å². The van der Waals surface area contributed by atoms with E-state index in [-0.39, 0.29) is 6.10 Å². The van der Waals surface area contributed by atoms with Gasteiger partial charge in [0.15, 0.2) is 0 Å². The average Bonchev–Trinajstić information content (AvgIpc) is 2.96. The second kappa shape index (κ2) is 6.26. The number of nitrogens with zero attached hydrogens (tertiary/aromatic N) is 3. The van der Waals surface area contributed by atoms with Gasteiger partial charge in [0.2, 0.25) is 0 Å².